The Hall–Kier alpha value is -0.0800. The minimum absolute atomic E-state index is 0.496. The summed E-state index contributed by atoms with van der Waals surface area (Å²) in [6.45, 7) is 5.66. The Morgan fingerprint density at radius 3 is 2.67 bits per heavy atom. The van der Waals surface area contributed by atoms with Crippen molar-refractivity contribution < 1.29 is 4.74 Å². The van der Waals surface area contributed by atoms with E-state index in [1.807, 2.05) is 0 Å². The summed E-state index contributed by atoms with van der Waals surface area (Å²) in [5, 5.41) is 3.60. The second-order valence-electron chi connectivity index (χ2n) is 5.32. The summed E-state index contributed by atoms with van der Waals surface area (Å²) in [4.78, 5) is 0. The molecule has 1 saturated heterocycles. The van der Waals surface area contributed by atoms with Gasteiger partial charge in [0.15, 0.2) is 0 Å². The van der Waals surface area contributed by atoms with Gasteiger partial charge in [-0.25, -0.2) is 0 Å². The lowest BCUT2D eigenvalue weighted by Gasteiger charge is -2.24. The minimum Gasteiger partial charge on any atom is -0.377 e. The summed E-state index contributed by atoms with van der Waals surface area (Å²) in [5.74, 6) is 1.86. The SMILES string of the molecule is CC1CCCC1CNCC1CCCCO1. The molecule has 0 spiro atoms. The van der Waals surface area contributed by atoms with Gasteiger partial charge in [0.25, 0.3) is 0 Å². The maximum Gasteiger partial charge on any atom is 0.0699 e. The van der Waals surface area contributed by atoms with Crippen LogP contribution in [-0.4, -0.2) is 25.8 Å². The van der Waals surface area contributed by atoms with Crippen LogP contribution in [0.4, 0.5) is 0 Å². The first kappa shape index (κ1) is 11.4. The first-order chi connectivity index (χ1) is 7.36. The molecule has 2 fully saturated rings. The van der Waals surface area contributed by atoms with Gasteiger partial charge in [0.05, 0.1) is 6.10 Å². The van der Waals surface area contributed by atoms with Crippen LogP contribution in [-0.2, 0) is 4.74 Å². The topological polar surface area (TPSA) is 21.3 Å². The summed E-state index contributed by atoms with van der Waals surface area (Å²) in [6, 6.07) is 0. The lowest BCUT2D eigenvalue weighted by Crippen LogP contribution is -2.34. The molecule has 1 aliphatic heterocycles. The van der Waals surface area contributed by atoms with Crippen LogP contribution >= 0.6 is 0 Å². The fourth-order valence-corrected chi connectivity index (χ4v) is 2.92. The molecule has 2 nitrogen and oxygen atoms in total. The number of hydrogen-bond donors (Lipinski definition) is 1. The van der Waals surface area contributed by atoms with Crippen molar-refractivity contribution in [3.63, 3.8) is 0 Å². The number of hydrogen-bond acceptors (Lipinski definition) is 2. The molecule has 3 unspecified atom stereocenters. The molecular formula is C13H25NO. The summed E-state index contributed by atoms with van der Waals surface area (Å²) >= 11 is 0. The Balaban J connectivity index is 1.57. The number of ether oxygens (including phenoxy) is 1. The second-order valence-corrected chi connectivity index (χ2v) is 5.32. The Kier molecular flexibility index (Phi) is 4.45. The van der Waals surface area contributed by atoms with Gasteiger partial charge in [0, 0.05) is 13.2 Å². The van der Waals surface area contributed by atoms with E-state index in [4.69, 9.17) is 4.74 Å². The van der Waals surface area contributed by atoms with Crippen LogP contribution in [0.1, 0.15) is 45.4 Å². The predicted octanol–water partition coefficient (Wildman–Crippen LogP) is 2.58. The predicted molar refractivity (Wildman–Crippen MR) is 63.0 cm³/mol. The highest BCUT2D eigenvalue weighted by molar-refractivity contribution is 4.77. The monoisotopic (exact) mass is 211 g/mol. The molecule has 0 aromatic heterocycles. The Bertz CT molecular complexity index is 177. The van der Waals surface area contributed by atoms with Crippen LogP contribution in [0.15, 0.2) is 0 Å². The highest BCUT2D eigenvalue weighted by Gasteiger charge is 2.23. The minimum atomic E-state index is 0.496. The average Bonchev–Trinajstić information content (AvgIpc) is 2.66. The number of rotatable bonds is 4. The van der Waals surface area contributed by atoms with Crippen molar-refractivity contribution in [2.24, 2.45) is 11.8 Å². The van der Waals surface area contributed by atoms with Crippen molar-refractivity contribution in [1.29, 1.82) is 0 Å². The zero-order valence-electron chi connectivity index (χ0n) is 10.0. The maximum atomic E-state index is 5.71. The Labute approximate surface area is 93.8 Å². The van der Waals surface area contributed by atoms with E-state index in [1.165, 1.54) is 45.1 Å². The van der Waals surface area contributed by atoms with Gasteiger partial charge in [-0.15, -0.1) is 0 Å². The van der Waals surface area contributed by atoms with Crippen LogP contribution in [0.3, 0.4) is 0 Å². The lowest BCUT2D eigenvalue weighted by molar-refractivity contribution is 0.0163. The van der Waals surface area contributed by atoms with E-state index in [1.54, 1.807) is 0 Å². The van der Waals surface area contributed by atoms with Crippen LogP contribution in [0, 0.1) is 11.8 Å². The van der Waals surface area contributed by atoms with E-state index in [2.05, 4.69) is 12.2 Å². The van der Waals surface area contributed by atoms with Gasteiger partial charge in [-0.2, -0.15) is 0 Å². The molecule has 88 valence electrons. The molecule has 0 bridgehead atoms. The van der Waals surface area contributed by atoms with Gasteiger partial charge in [0.2, 0.25) is 0 Å². The lowest BCUT2D eigenvalue weighted by atomic mass is 9.98. The van der Waals surface area contributed by atoms with Crippen molar-refractivity contribution in [2.45, 2.75) is 51.6 Å². The van der Waals surface area contributed by atoms with Crippen molar-refractivity contribution in [2.75, 3.05) is 19.7 Å². The first-order valence-electron chi connectivity index (χ1n) is 6.68. The van der Waals surface area contributed by atoms with Gasteiger partial charge < -0.3 is 10.1 Å². The fourth-order valence-electron chi connectivity index (χ4n) is 2.92. The average molecular weight is 211 g/mol. The molecule has 1 saturated carbocycles. The van der Waals surface area contributed by atoms with Gasteiger partial charge in [-0.05, 0) is 44.1 Å². The van der Waals surface area contributed by atoms with E-state index >= 15 is 0 Å². The van der Waals surface area contributed by atoms with Crippen LogP contribution < -0.4 is 5.32 Å². The molecule has 0 amide bonds. The van der Waals surface area contributed by atoms with Gasteiger partial charge >= 0.3 is 0 Å². The van der Waals surface area contributed by atoms with E-state index in [9.17, 15) is 0 Å². The Morgan fingerprint density at radius 1 is 1.07 bits per heavy atom. The van der Waals surface area contributed by atoms with Crippen molar-refractivity contribution in [3.05, 3.63) is 0 Å². The summed E-state index contributed by atoms with van der Waals surface area (Å²) < 4.78 is 5.71. The number of nitrogens with one attached hydrogen (secondary N) is 1. The van der Waals surface area contributed by atoms with Crippen molar-refractivity contribution in [1.82, 2.24) is 5.32 Å². The second kappa shape index (κ2) is 5.86. The molecule has 1 aliphatic carbocycles. The largest absolute Gasteiger partial charge is 0.377 e. The van der Waals surface area contributed by atoms with E-state index in [0.717, 1.165) is 25.0 Å². The third-order valence-electron chi connectivity index (χ3n) is 4.09. The van der Waals surface area contributed by atoms with Crippen LogP contribution in [0.5, 0.6) is 0 Å². The molecule has 2 heteroatoms. The molecule has 1 N–H and O–H groups in total. The first-order valence-corrected chi connectivity index (χ1v) is 6.68. The molecule has 2 aliphatic rings. The van der Waals surface area contributed by atoms with E-state index in [0.29, 0.717) is 6.10 Å². The van der Waals surface area contributed by atoms with E-state index < -0.39 is 0 Å². The quantitative estimate of drug-likeness (QED) is 0.771. The highest BCUT2D eigenvalue weighted by atomic mass is 16.5. The molecule has 1 heterocycles. The van der Waals surface area contributed by atoms with Gasteiger partial charge in [-0.3, -0.25) is 0 Å². The molecule has 3 atom stereocenters. The molecule has 0 aromatic rings. The normalized spacial score (nSPS) is 37.0. The smallest absolute Gasteiger partial charge is 0.0699 e. The van der Waals surface area contributed by atoms with Crippen LogP contribution in [0.25, 0.3) is 0 Å². The summed E-state index contributed by atoms with van der Waals surface area (Å²) in [5.41, 5.74) is 0. The molecule has 0 radical (unpaired) electrons. The third-order valence-corrected chi connectivity index (χ3v) is 4.09. The Morgan fingerprint density at radius 2 is 2.00 bits per heavy atom. The van der Waals surface area contributed by atoms with Gasteiger partial charge in [-0.1, -0.05) is 19.8 Å². The fraction of sp³-hybridized carbons (Fsp3) is 1.00. The highest BCUT2D eigenvalue weighted by Crippen LogP contribution is 2.30. The summed E-state index contributed by atoms with van der Waals surface area (Å²) in [7, 11) is 0. The molecule has 0 aromatic carbocycles. The zero-order chi connectivity index (χ0) is 10.5. The summed E-state index contributed by atoms with van der Waals surface area (Å²) in [6.07, 6.45) is 8.67. The van der Waals surface area contributed by atoms with Gasteiger partial charge in [0.1, 0.15) is 0 Å². The molecular weight excluding hydrogens is 186 g/mol. The van der Waals surface area contributed by atoms with Crippen LogP contribution in [0.2, 0.25) is 0 Å². The molecule has 15 heavy (non-hydrogen) atoms. The van der Waals surface area contributed by atoms with E-state index in [-0.39, 0.29) is 0 Å². The van der Waals surface area contributed by atoms with Crippen molar-refractivity contribution >= 4 is 0 Å². The third kappa shape index (κ3) is 3.46. The maximum absolute atomic E-state index is 5.71. The van der Waals surface area contributed by atoms with Crippen molar-refractivity contribution in [3.8, 4) is 0 Å². The molecule has 2 rings (SSSR count). The standard InChI is InChI=1S/C13H25NO/c1-11-5-4-6-12(11)9-14-10-13-7-2-3-8-15-13/h11-14H,2-10H2,1H3. The zero-order valence-corrected chi connectivity index (χ0v) is 10.0.